The van der Waals surface area contributed by atoms with Gasteiger partial charge in [0.1, 0.15) is 5.41 Å². The molecule has 6 heteroatoms. The van der Waals surface area contributed by atoms with Crippen molar-refractivity contribution in [3.8, 4) is 17.2 Å². The molecule has 0 aromatic carbocycles. The number of imidazole rings is 1. The lowest BCUT2D eigenvalue weighted by Gasteiger charge is -2.41. The molecule has 0 radical (unpaired) electrons. The highest BCUT2D eigenvalue weighted by Crippen LogP contribution is 2.42. The second-order valence-corrected chi connectivity index (χ2v) is 7.66. The molecule has 3 aromatic heterocycles. The van der Waals surface area contributed by atoms with E-state index in [2.05, 4.69) is 17.1 Å². The van der Waals surface area contributed by atoms with E-state index < -0.39 is 5.41 Å². The maximum atomic E-state index is 12.8. The minimum absolute atomic E-state index is 0.0151. The topological polar surface area (TPSA) is 74.5 Å². The summed E-state index contributed by atoms with van der Waals surface area (Å²) in [6, 6.07) is 8.40. The second-order valence-electron chi connectivity index (χ2n) is 7.66. The molecule has 1 saturated heterocycles. The predicted octanol–water partition coefficient (Wildman–Crippen LogP) is 3.60. The largest absolute Gasteiger partial charge is 0.472 e. The van der Waals surface area contributed by atoms with E-state index in [0.29, 0.717) is 25.9 Å². The van der Waals surface area contributed by atoms with Gasteiger partial charge in [0.25, 0.3) is 0 Å². The van der Waals surface area contributed by atoms with Crippen molar-refractivity contribution in [1.82, 2.24) is 14.3 Å². The summed E-state index contributed by atoms with van der Waals surface area (Å²) in [5.74, 6) is 0.233. The van der Waals surface area contributed by atoms with Crippen LogP contribution in [-0.4, -0.2) is 33.3 Å². The number of rotatable bonds is 3. The number of likely N-dealkylation sites (tertiary alicyclic amines) is 1. The first-order valence-corrected chi connectivity index (χ1v) is 9.40. The SMILES string of the molecule is N#CC1(C(=O)N2CC(c3ncn4ccc(-c5ccoc5)cc34)C2)CCCC1. The summed E-state index contributed by atoms with van der Waals surface area (Å²) in [5.41, 5.74) is 3.41. The molecule has 136 valence electrons. The smallest absolute Gasteiger partial charge is 0.243 e. The average Bonchev–Trinajstić information content (AvgIpc) is 3.41. The van der Waals surface area contributed by atoms with Crippen LogP contribution in [0.25, 0.3) is 16.6 Å². The number of nitriles is 1. The van der Waals surface area contributed by atoms with Crippen molar-refractivity contribution >= 4 is 11.4 Å². The van der Waals surface area contributed by atoms with Crippen molar-refractivity contribution in [3.05, 3.63) is 48.9 Å². The van der Waals surface area contributed by atoms with E-state index in [0.717, 1.165) is 35.2 Å². The van der Waals surface area contributed by atoms with Crippen LogP contribution in [0.15, 0.2) is 47.7 Å². The molecule has 4 heterocycles. The van der Waals surface area contributed by atoms with Gasteiger partial charge in [-0.25, -0.2) is 4.98 Å². The molecule has 1 saturated carbocycles. The zero-order chi connectivity index (χ0) is 18.4. The summed E-state index contributed by atoms with van der Waals surface area (Å²) < 4.78 is 7.20. The number of hydrogen-bond acceptors (Lipinski definition) is 4. The third-order valence-corrected chi connectivity index (χ3v) is 6.06. The molecule has 0 N–H and O–H groups in total. The van der Waals surface area contributed by atoms with E-state index in [1.54, 1.807) is 12.5 Å². The lowest BCUT2D eigenvalue weighted by Crippen LogP contribution is -2.53. The van der Waals surface area contributed by atoms with Gasteiger partial charge in [0.15, 0.2) is 0 Å². The first-order valence-electron chi connectivity index (χ1n) is 9.40. The number of amides is 1. The van der Waals surface area contributed by atoms with Crippen molar-refractivity contribution in [3.63, 3.8) is 0 Å². The third-order valence-electron chi connectivity index (χ3n) is 6.06. The first-order chi connectivity index (χ1) is 13.2. The summed E-state index contributed by atoms with van der Waals surface area (Å²) in [6.07, 6.45) is 10.6. The highest BCUT2D eigenvalue weighted by molar-refractivity contribution is 5.86. The fourth-order valence-corrected chi connectivity index (χ4v) is 4.40. The van der Waals surface area contributed by atoms with Crippen LogP contribution in [0.5, 0.6) is 0 Å². The van der Waals surface area contributed by atoms with Gasteiger partial charge >= 0.3 is 0 Å². The van der Waals surface area contributed by atoms with Crippen LogP contribution >= 0.6 is 0 Å². The minimum Gasteiger partial charge on any atom is -0.472 e. The first kappa shape index (κ1) is 16.1. The number of pyridine rings is 1. The number of furan rings is 1. The Bertz CT molecular complexity index is 1030. The van der Waals surface area contributed by atoms with Gasteiger partial charge in [0.2, 0.25) is 5.91 Å². The molecule has 5 rings (SSSR count). The number of hydrogen-bond donors (Lipinski definition) is 0. The molecule has 0 bridgehead atoms. The summed E-state index contributed by atoms with van der Waals surface area (Å²) in [6.45, 7) is 1.29. The quantitative estimate of drug-likeness (QED) is 0.715. The molecule has 27 heavy (non-hydrogen) atoms. The normalized spacial score (nSPS) is 19.1. The van der Waals surface area contributed by atoms with Crippen LogP contribution in [0.1, 0.15) is 37.3 Å². The van der Waals surface area contributed by atoms with Gasteiger partial charge in [-0.3, -0.25) is 4.79 Å². The van der Waals surface area contributed by atoms with E-state index in [-0.39, 0.29) is 11.8 Å². The van der Waals surface area contributed by atoms with Gasteiger partial charge in [-0.2, -0.15) is 5.26 Å². The van der Waals surface area contributed by atoms with E-state index >= 15 is 0 Å². The van der Waals surface area contributed by atoms with Crippen LogP contribution in [0, 0.1) is 16.7 Å². The lowest BCUT2D eigenvalue weighted by molar-refractivity contribution is -0.143. The number of carbonyl (C=O) groups is 1. The van der Waals surface area contributed by atoms with Crippen molar-refractivity contribution in [2.24, 2.45) is 5.41 Å². The van der Waals surface area contributed by atoms with Crippen molar-refractivity contribution in [2.75, 3.05) is 13.1 Å². The van der Waals surface area contributed by atoms with E-state index in [4.69, 9.17) is 4.42 Å². The fourth-order valence-electron chi connectivity index (χ4n) is 4.40. The molecule has 2 aliphatic rings. The molecule has 2 fully saturated rings. The highest BCUT2D eigenvalue weighted by atomic mass is 16.3. The molecular formula is C21H20N4O2. The molecule has 1 aliphatic heterocycles. The van der Waals surface area contributed by atoms with E-state index in [1.165, 1.54) is 0 Å². The van der Waals surface area contributed by atoms with Gasteiger partial charge in [0.05, 0.1) is 36.1 Å². The van der Waals surface area contributed by atoms with Crippen molar-refractivity contribution in [2.45, 2.75) is 31.6 Å². The van der Waals surface area contributed by atoms with Gasteiger partial charge in [-0.1, -0.05) is 12.8 Å². The standard InChI is InChI=1S/C21H20N4O2/c22-13-21(5-1-2-6-21)20(26)25-10-17(11-25)19-18-9-15(16-4-8-27-12-16)3-7-24(18)14-23-19/h3-4,7-9,12,14,17H,1-2,5-6,10-11H2. The molecule has 0 atom stereocenters. The van der Waals surface area contributed by atoms with Gasteiger partial charge < -0.3 is 13.7 Å². The zero-order valence-electron chi connectivity index (χ0n) is 15.0. The summed E-state index contributed by atoms with van der Waals surface area (Å²) in [7, 11) is 0. The summed E-state index contributed by atoms with van der Waals surface area (Å²) >= 11 is 0. The average molecular weight is 360 g/mol. The predicted molar refractivity (Wildman–Crippen MR) is 98.7 cm³/mol. The summed E-state index contributed by atoms with van der Waals surface area (Å²) in [4.78, 5) is 19.3. The molecule has 1 amide bonds. The minimum atomic E-state index is -0.782. The van der Waals surface area contributed by atoms with Crippen molar-refractivity contribution in [1.29, 1.82) is 5.26 Å². The van der Waals surface area contributed by atoms with Gasteiger partial charge in [-0.15, -0.1) is 0 Å². The Morgan fingerprint density at radius 3 is 2.78 bits per heavy atom. The number of carbonyl (C=O) groups excluding carboxylic acids is 1. The molecule has 0 unspecified atom stereocenters. The Balaban J connectivity index is 1.38. The zero-order valence-corrected chi connectivity index (χ0v) is 15.0. The van der Waals surface area contributed by atoms with Crippen LogP contribution < -0.4 is 0 Å². The fraction of sp³-hybridized carbons (Fsp3) is 0.381. The molecule has 1 aliphatic carbocycles. The lowest BCUT2D eigenvalue weighted by atomic mass is 9.83. The monoisotopic (exact) mass is 360 g/mol. The molecule has 6 nitrogen and oxygen atoms in total. The Hall–Kier alpha value is -3.07. The van der Waals surface area contributed by atoms with E-state index in [1.807, 2.05) is 34.0 Å². The Morgan fingerprint density at radius 2 is 2.07 bits per heavy atom. The molecule has 0 spiro atoms. The van der Waals surface area contributed by atoms with Crippen LogP contribution in [0.2, 0.25) is 0 Å². The molecular weight excluding hydrogens is 340 g/mol. The second kappa shape index (κ2) is 5.98. The third kappa shape index (κ3) is 2.46. The van der Waals surface area contributed by atoms with E-state index in [9.17, 15) is 10.1 Å². The Kier molecular flexibility index (Phi) is 3.57. The van der Waals surface area contributed by atoms with Gasteiger partial charge in [0, 0.05) is 30.8 Å². The number of aromatic nitrogens is 2. The number of fused-ring (bicyclic) bond motifs is 1. The highest BCUT2D eigenvalue weighted by Gasteiger charge is 2.47. The van der Waals surface area contributed by atoms with Gasteiger partial charge in [-0.05, 0) is 36.6 Å². The maximum Gasteiger partial charge on any atom is 0.243 e. The molecule has 3 aromatic rings. The Labute approximate surface area is 157 Å². The Morgan fingerprint density at radius 1 is 1.26 bits per heavy atom. The summed E-state index contributed by atoms with van der Waals surface area (Å²) in [5, 5.41) is 9.55. The maximum absolute atomic E-state index is 12.8. The van der Waals surface area contributed by atoms with Crippen molar-refractivity contribution < 1.29 is 9.21 Å². The van der Waals surface area contributed by atoms with Crippen LogP contribution in [-0.2, 0) is 4.79 Å². The van der Waals surface area contributed by atoms with Crippen LogP contribution in [0.4, 0.5) is 0 Å². The van der Waals surface area contributed by atoms with Crippen LogP contribution in [0.3, 0.4) is 0 Å². The number of nitrogens with zero attached hydrogens (tertiary/aromatic N) is 4.